The van der Waals surface area contributed by atoms with Crippen molar-refractivity contribution in [3.05, 3.63) is 234 Å². The van der Waals surface area contributed by atoms with Gasteiger partial charge in [0.25, 0.3) is 0 Å². The number of amides is 2. The molecule has 0 spiro atoms. The first-order valence-electron chi connectivity index (χ1n) is 23.6. The van der Waals surface area contributed by atoms with Crippen molar-refractivity contribution < 1.29 is 33.6 Å². The van der Waals surface area contributed by atoms with Crippen LogP contribution in [0.15, 0.2) is 200 Å². The van der Waals surface area contributed by atoms with Gasteiger partial charge in [-0.3, -0.25) is 14.5 Å². The zero-order chi connectivity index (χ0) is 49.0. The number of nitrogens with one attached hydrogen (secondary N) is 3. The van der Waals surface area contributed by atoms with E-state index in [-0.39, 0.29) is 37.5 Å². The van der Waals surface area contributed by atoms with Crippen LogP contribution < -0.4 is 30.2 Å². The van der Waals surface area contributed by atoms with Gasteiger partial charge >= 0.3 is 0 Å². The molecule has 1 saturated heterocycles. The molecule has 0 radical (unpaired) electrons. The Morgan fingerprint density at radius 1 is 0.616 bits per heavy atom. The molecule has 1 aliphatic rings. The highest BCUT2D eigenvalue weighted by atomic mass is 127. The lowest BCUT2D eigenvalue weighted by Gasteiger charge is -2.26. The molecule has 1 aliphatic heterocycles. The Morgan fingerprint density at radius 2 is 1.14 bits per heavy atom. The summed E-state index contributed by atoms with van der Waals surface area (Å²) in [4.78, 5) is 24.4. The normalized spacial score (nSPS) is 12.6. The minimum atomic E-state index is -0.777. The molecule has 0 bridgehead atoms. The maximum atomic E-state index is 11.4. The van der Waals surface area contributed by atoms with E-state index in [1.807, 2.05) is 133 Å². The lowest BCUT2D eigenvalue weighted by molar-refractivity contribution is -0.106. The summed E-state index contributed by atoms with van der Waals surface area (Å²) in [7, 11) is 1.69. The highest BCUT2D eigenvalue weighted by Crippen LogP contribution is 2.36. The second-order valence-corrected chi connectivity index (χ2v) is 17.0. The minimum absolute atomic E-state index is 0. The standard InChI is InChI=1S/C44H43N3O4.C16H15NO3.CH4.HI/c1-50-43-24-22-39(28-40(43)36-15-9-4-10-16-36)46-38-20-17-33(18-21-38)25-26-47(29-34-11-5-2-6-12-34)30-42(49)37-19-23-44(41(27-37)45-32-48)51-31-35-13-7-3-8-14-35;18-11-17-14-8-13(16-10-20-16)6-7-15(14)19-9-12-4-2-1-3-5-12;;/h2-24,27-28,32,42,46,49H,25-26,29-31H2,1H3,(H,45,48);1-8,11,16H,9-10H2,(H,17,18);1H4;1H/t42-;16-;;/m00../s1. The maximum absolute atomic E-state index is 11.4. The summed E-state index contributed by atoms with van der Waals surface area (Å²) >= 11 is 0. The van der Waals surface area contributed by atoms with Crippen molar-refractivity contribution in [1.29, 1.82) is 0 Å². The molecule has 0 aliphatic carbocycles. The van der Waals surface area contributed by atoms with Gasteiger partial charge < -0.3 is 40.0 Å². The highest BCUT2D eigenvalue weighted by molar-refractivity contribution is 14.0. The van der Waals surface area contributed by atoms with E-state index in [1.54, 1.807) is 19.2 Å². The first kappa shape index (κ1) is 54.8. The van der Waals surface area contributed by atoms with Crippen LogP contribution >= 0.6 is 24.0 Å². The molecule has 2 amide bonds. The van der Waals surface area contributed by atoms with Crippen molar-refractivity contribution in [2.75, 3.05) is 42.8 Å². The summed E-state index contributed by atoms with van der Waals surface area (Å²) in [5.74, 6) is 2.03. The molecule has 11 nitrogen and oxygen atoms in total. The minimum Gasteiger partial charge on any atom is -0.496 e. The van der Waals surface area contributed by atoms with Crippen LogP contribution in [-0.4, -0.2) is 49.6 Å². The third-order valence-electron chi connectivity index (χ3n) is 11.9. The first-order valence-corrected chi connectivity index (χ1v) is 23.6. The van der Waals surface area contributed by atoms with Gasteiger partial charge in [0.1, 0.15) is 36.6 Å². The van der Waals surface area contributed by atoms with Crippen LogP contribution in [0.3, 0.4) is 0 Å². The lowest BCUT2D eigenvalue weighted by atomic mass is 10.0. The molecule has 1 fully saturated rings. The molecule has 1 heterocycles. The van der Waals surface area contributed by atoms with Crippen LogP contribution in [-0.2, 0) is 40.5 Å². The number of methoxy groups -OCH3 is 1. The van der Waals surface area contributed by atoms with E-state index in [4.69, 9.17) is 18.9 Å². The van der Waals surface area contributed by atoms with Gasteiger partial charge in [0.05, 0.1) is 31.2 Å². The molecule has 4 N–H and O–H groups in total. The number of anilines is 4. The molecule has 73 heavy (non-hydrogen) atoms. The number of rotatable bonds is 23. The number of ether oxygens (including phenoxy) is 4. The number of halogens is 1. The molecule has 2 atom stereocenters. The fourth-order valence-electron chi connectivity index (χ4n) is 8.08. The molecule has 9 rings (SSSR count). The van der Waals surface area contributed by atoms with E-state index in [0.29, 0.717) is 67.6 Å². The molecule has 376 valence electrons. The second-order valence-electron chi connectivity index (χ2n) is 17.0. The molecule has 8 aromatic carbocycles. The van der Waals surface area contributed by atoms with Crippen molar-refractivity contribution in [3.8, 4) is 28.4 Å². The van der Waals surface area contributed by atoms with E-state index in [2.05, 4.69) is 75.4 Å². The zero-order valence-electron chi connectivity index (χ0n) is 40.1. The number of nitrogens with zero attached hydrogens (tertiary/aromatic N) is 1. The summed E-state index contributed by atoms with van der Waals surface area (Å²) < 4.78 is 22.6. The third-order valence-corrected chi connectivity index (χ3v) is 11.9. The third kappa shape index (κ3) is 16.5. The number of aliphatic hydroxyl groups excluding tert-OH is 1. The van der Waals surface area contributed by atoms with Crippen molar-refractivity contribution >= 4 is 59.5 Å². The van der Waals surface area contributed by atoms with Gasteiger partial charge in [-0.25, -0.2) is 0 Å². The second kappa shape index (κ2) is 28.5. The molecule has 8 aromatic rings. The molecular weight excluding hydrogens is 1030 g/mol. The number of epoxide rings is 1. The zero-order valence-corrected chi connectivity index (χ0v) is 42.4. The van der Waals surface area contributed by atoms with E-state index in [0.717, 1.165) is 64.5 Å². The van der Waals surface area contributed by atoms with Crippen molar-refractivity contribution in [3.63, 3.8) is 0 Å². The van der Waals surface area contributed by atoms with E-state index >= 15 is 0 Å². The number of carbonyl (C=O) groups excluding carboxylic acids is 2. The van der Waals surface area contributed by atoms with Crippen LogP contribution in [0.4, 0.5) is 22.7 Å². The Kier molecular flexibility index (Phi) is 21.4. The fraction of sp³-hybridized carbons (Fsp3) is 0.180. The molecule has 0 aromatic heterocycles. The summed E-state index contributed by atoms with van der Waals surface area (Å²) in [6.45, 7) is 3.43. The van der Waals surface area contributed by atoms with Crippen molar-refractivity contribution in [2.45, 2.75) is 45.8 Å². The lowest BCUT2D eigenvalue weighted by Crippen LogP contribution is -2.30. The van der Waals surface area contributed by atoms with E-state index < -0.39 is 6.10 Å². The Bertz CT molecular complexity index is 2910. The SMILES string of the molecule is C.COc1ccc(Nc2ccc(CCN(Cc3ccccc3)C[C@H](O)c3ccc(OCc4ccccc4)c(NC=O)c3)cc2)cc1-c1ccccc1.I.O=CNc1cc([C@@H]2CO2)ccc1OCc1ccccc1. The Morgan fingerprint density at radius 3 is 1.70 bits per heavy atom. The average molecular weight is 1090 g/mol. The van der Waals surface area contributed by atoms with Gasteiger partial charge in [0.15, 0.2) is 0 Å². The van der Waals surface area contributed by atoms with Crippen molar-refractivity contribution in [2.24, 2.45) is 0 Å². The van der Waals surface area contributed by atoms with E-state index in [9.17, 15) is 14.7 Å². The quantitative estimate of drug-likeness (QED) is 0.0281. The van der Waals surface area contributed by atoms with Gasteiger partial charge in [0, 0.05) is 36.6 Å². The van der Waals surface area contributed by atoms with Gasteiger partial charge in [-0.05, 0) is 100.0 Å². The Labute approximate surface area is 446 Å². The number of aliphatic hydroxyl groups is 1. The predicted molar refractivity (Wildman–Crippen MR) is 303 cm³/mol. The molecule has 12 heteroatoms. The average Bonchev–Trinajstić information content (AvgIpc) is 4.28. The number of hydrogen-bond acceptors (Lipinski definition) is 9. The topological polar surface area (TPSA) is 134 Å². The molecule has 0 saturated carbocycles. The summed E-state index contributed by atoms with van der Waals surface area (Å²) in [6, 6.07) is 66.1. The number of hydrogen-bond donors (Lipinski definition) is 4. The monoisotopic (exact) mass is 1090 g/mol. The number of benzene rings is 8. The van der Waals surface area contributed by atoms with Crippen LogP contribution in [0.25, 0.3) is 11.1 Å². The smallest absolute Gasteiger partial charge is 0.211 e. The van der Waals surface area contributed by atoms with E-state index in [1.165, 1.54) is 11.1 Å². The van der Waals surface area contributed by atoms with Gasteiger partial charge in [0.2, 0.25) is 12.8 Å². The Hall–Kier alpha value is -7.49. The summed E-state index contributed by atoms with van der Waals surface area (Å²) in [5.41, 5.74) is 11.5. The largest absolute Gasteiger partial charge is 0.496 e. The summed E-state index contributed by atoms with van der Waals surface area (Å²) in [5, 5.41) is 20.4. The van der Waals surface area contributed by atoms with Gasteiger partial charge in [-0.2, -0.15) is 0 Å². The summed E-state index contributed by atoms with van der Waals surface area (Å²) in [6.07, 6.45) is 1.47. The van der Waals surface area contributed by atoms with Crippen LogP contribution in [0.2, 0.25) is 0 Å². The van der Waals surface area contributed by atoms with Crippen LogP contribution in [0.1, 0.15) is 53.0 Å². The maximum Gasteiger partial charge on any atom is 0.211 e. The van der Waals surface area contributed by atoms with Crippen LogP contribution in [0.5, 0.6) is 17.2 Å². The van der Waals surface area contributed by atoms with Gasteiger partial charge in [-0.1, -0.05) is 153 Å². The van der Waals surface area contributed by atoms with Gasteiger partial charge in [-0.15, -0.1) is 24.0 Å². The fourth-order valence-corrected chi connectivity index (χ4v) is 8.08. The molecular formula is C61H63IN4O7. The predicted octanol–water partition coefficient (Wildman–Crippen LogP) is 13.2. The number of carbonyl (C=O) groups is 2. The van der Waals surface area contributed by atoms with Crippen molar-refractivity contribution in [1.82, 2.24) is 4.90 Å². The molecule has 0 unspecified atom stereocenters. The highest BCUT2D eigenvalue weighted by Gasteiger charge is 2.25. The first-order chi connectivity index (χ1) is 34.9. The Balaban J connectivity index is 0.000000330. The van der Waals surface area contributed by atoms with Crippen LogP contribution in [0, 0.1) is 0 Å².